The van der Waals surface area contributed by atoms with E-state index in [1.54, 1.807) is 7.11 Å². The molecule has 2 aromatic carbocycles. The highest BCUT2D eigenvalue weighted by Crippen LogP contribution is 2.34. The normalized spacial score (nSPS) is 10.3. The number of hydrogen-bond donors (Lipinski definition) is 1. The zero-order chi connectivity index (χ0) is 15.2. The quantitative estimate of drug-likeness (QED) is 0.674. The molecule has 2 rings (SSSR count). The number of rotatable bonds is 6. The molecule has 112 valence electrons. The van der Waals surface area contributed by atoms with Gasteiger partial charge in [-0.3, -0.25) is 0 Å². The molecule has 0 amide bonds. The number of halogens is 2. The molecule has 0 aliphatic heterocycles. The predicted octanol–water partition coefficient (Wildman–Crippen LogP) is 4.96. The zero-order valence-electron chi connectivity index (χ0n) is 12.0. The van der Waals surface area contributed by atoms with Crippen LogP contribution in [0.4, 0.5) is 5.69 Å². The standard InChI is InChI=1S/C16H17ClINO2/c1-3-21-15-9-11(8-13(18)16(15)20-2)10-19-14-7-5-4-6-12(14)17/h4-9,19H,3,10H2,1-2H3. The minimum absolute atomic E-state index is 0.605. The second-order valence-corrected chi connectivity index (χ2v) is 5.94. The van der Waals surface area contributed by atoms with Gasteiger partial charge in [0.2, 0.25) is 0 Å². The second-order valence-electron chi connectivity index (χ2n) is 4.38. The van der Waals surface area contributed by atoms with Gasteiger partial charge in [0, 0.05) is 6.54 Å². The van der Waals surface area contributed by atoms with Crippen LogP contribution in [0.5, 0.6) is 11.5 Å². The topological polar surface area (TPSA) is 30.5 Å². The third-order valence-corrected chi connectivity index (χ3v) is 4.06. The molecule has 21 heavy (non-hydrogen) atoms. The molecule has 0 aliphatic rings. The average Bonchev–Trinajstić information content (AvgIpc) is 2.47. The zero-order valence-corrected chi connectivity index (χ0v) is 14.9. The third-order valence-electron chi connectivity index (χ3n) is 2.93. The lowest BCUT2D eigenvalue weighted by molar-refractivity contribution is 0.309. The van der Waals surface area contributed by atoms with E-state index in [1.807, 2.05) is 37.3 Å². The molecule has 0 radical (unpaired) electrons. The molecular formula is C16H17ClINO2. The summed E-state index contributed by atoms with van der Waals surface area (Å²) in [6.45, 7) is 3.23. The van der Waals surface area contributed by atoms with Crippen molar-refractivity contribution in [1.82, 2.24) is 0 Å². The molecule has 0 heterocycles. The summed E-state index contributed by atoms with van der Waals surface area (Å²) in [6, 6.07) is 11.8. The van der Waals surface area contributed by atoms with Gasteiger partial charge in [-0.1, -0.05) is 23.7 Å². The molecule has 0 bridgehead atoms. The fraction of sp³-hybridized carbons (Fsp3) is 0.250. The van der Waals surface area contributed by atoms with Crippen molar-refractivity contribution in [1.29, 1.82) is 0 Å². The van der Waals surface area contributed by atoms with Crippen LogP contribution in [0.25, 0.3) is 0 Å². The van der Waals surface area contributed by atoms with Crippen LogP contribution < -0.4 is 14.8 Å². The Morgan fingerprint density at radius 3 is 2.67 bits per heavy atom. The first-order valence-corrected chi connectivity index (χ1v) is 8.09. The number of ether oxygens (including phenoxy) is 2. The lowest BCUT2D eigenvalue weighted by atomic mass is 10.2. The van der Waals surface area contributed by atoms with Crippen molar-refractivity contribution in [2.24, 2.45) is 0 Å². The predicted molar refractivity (Wildman–Crippen MR) is 95.7 cm³/mol. The van der Waals surface area contributed by atoms with E-state index >= 15 is 0 Å². The molecule has 0 aliphatic carbocycles. The number of methoxy groups -OCH3 is 1. The summed E-state index contributed by atoms with van der Waals surface area (Å²) in [5, 5.41) is 4.05. The number of para-hydroxylation sites is 1. The molecule has 1 N–H and O–H groups in total. The van der Waals surface area contributed by atoms with E-state index in [-0.39, 0.29) is 0 Å². The maximum atomic E-state index is 6.14. The van der Waals surface area contributed by atoms with Crippen LogP contribution in [0, 0.1) is 3.57 Å². The van der Waals surface area contributed by atoms with Crippen LogP contribution in [-0.2, 0) is 6.54 Å². The molecule has 0 atom stereocenters. The maximum absolute atomic E-state index is 6.14. The van der Waals surface area contributed by atoms with Gasteiger partial charge in [0.15, 0.2) is 11.5 Å². The monoisotopic (exact) mass is 417 g/mol. The Hall–Kier alpha value is -1.14. The highest BCUT2D eigenvalue weighted by Gasteiger charge is 2.11. The van der Waals surface area contributed by atoms with Crippen molar-refractivity contribution in [2.75, 3.05) is 19.0 Å². The first-order valence-electron chi connectivity index (χ1n) is 6.63. The number of anilines is 1. The first-order chi connectivity index (χ1) is 10.2. The minimum atomic E-state index is 0.605. The highest BCUT2D eigenvalue weighted by molar-refractivity contribution is 14.1. The molecule has 5 heteroatoms. The largest absolute Gasteiger partial charge is 0.492 e. The second kappa shape index (κ2) is 7.75. The molecule has 0 aromatic heterocycles. The Morgan fingerprint density at radius 2 is 2.00 bits per heavy atom. The molecule has 0 unspecified atom stereocenters. The van der Waals surface area contributed by atoms with Crippen LogP contribution in [0.15, 0.2) is 36.4 Å². The third kappa shape index (κ3) is 4.17. The van der Waals surface area contributed by atoms with Crippen molar-refractivity contribution in [3.63, 3.8) is 0 Å². The van der Waals surface area contributed by atoms with Gasteiger partial charge in [0.05, 0.1) is 28.0 Å². The van der Waals surface area contributed by atoms with E-state index in [2.05, 4.69) is 34.0 Å². The Balaban J connectivity index is 2.19. The smallest absolute Gasteiger partial charge is 0.174 e. The summed E-state index contributed by atoms with van der Waals surface area (Å²) >= 11 is 8.40. The van der Waals surface area contributed by atoms with E-state index in [0.717, 1.165) is 26.3 Å². The van der Waals surface area contributed by atoms with Crippen molar-refractivity contribution in [2.45, 2.75) is 13.5 Å². The Labute approximate surface area is 143 Å². The summed E-state index contributed by atoms with van der Waals surface area (Å²) in [6.07, 6.45) is 0. The number of nitrogens with one attached hydrogen (secondary N) is 1. The lowest BCUT2D eigenvalue weighted by Gasteiger charge is -2.14. The van der Waals surface area contributed by atoms with Crippen molar-refractivity contribution in [3.8, 4) is 11.5 Å². The molecule has 0 saturated carbocycles. The van der Waals surface area contributed by atoms with Gasteiger partial charge < -0.3 is 14.8 Å². The van der Waals surface area contributed by atoms with Gasteiger partial charge in [0.1, 0.15) is 0 Å². The first kappa shape index (κ1) is 16.2. The molecule has 0 fully saturated rings. The summed E-state index contributed by atoms with van der Waals surface area (Å²) in [5.74, 6) is 1.54. The van der Waals surface area contributed by atoms with E-state index < -0.39 is 0 Å². The summed E-state index contributed by atoms with van der Waals surface area (Å²) < 4.78 is 12.1. The van der Waals surface area contributed by atoms with Gasteiger partial charge in [-0.15, -0.1) is 0 Å². The number of benzene rings is 2. The average molecular weight is 418 g/mol. The van der Waals surface area contributed by atoms with Crippen LogP contribution >= 0.6 is 34.2 Å². The Kier molecular flexibility index (Phi) is 5.99. The highest BCUT2D eigenvalue weighted by atomic mass is 127. The van der Waals surface area contributed by atoms with Crippen molar-refractivity contribution < 1.29 is 9.47 Å². The van der Waals surface area contributed by atoms with Crippen LogP contribution in [0.2, 0.25) is 5.02 Å². The summed E-state index contributed by atoms with van der Waals surface area (Å²) in [7, 11) is 1.65. The summed E-state index contributed by atoms with van der Waals surface area (Å²) in [5.41, 5.74) is 2.03. The molecule has 0 spiro atoms. The van der Waals surface area contributed by atoms with Gasteiger partial charge in [-0.2, -0.15) is 0 Å². The molecule has 0 saturated heterocycles. The van der Waals surface area contributed by atoms with Crippen molar-refractivity contribution in [3.05, 3.63) is 50.6 Å². The van der Waals surface area contributed by atoms with Crippen LogP contribution in [0.3, 0.4) is 0 Å². The Bertz CT molecular complexity index is 619. The van der Waals surface area contributed by atoms with Gasteiger partial charge in [-0.25, -0.2) is 0 Å². The van der Waals surface area contributed by atoms with E-state index in [9.17, 15) is 0 Å². The SMILES string of the molecule is CCOc1cc(CNc2ccccc2Cl)cc(I)c1OC. The summed E-state index contributed by atoms with van der Waals surface area (Å²) in [4.78, 5) is 0. The minimum Gasteiger partial charge on any atom is -0.492 e. The number of hydrogen-bond acceptors (Lipinski definition) is 3. The fourth-order valence-corrected chi connectivity index (χ4v) is 3.07. The van der Waals surface area contributed by atoms with Crippen molar-refractivity contribution >= 4 is 39.9 Å². The van der Waals surface area contributed by atoms with Crippen LogP contribution in [-0.4, -0.2) is 13.7 Å². The Morgan fingerprint density at radius 1 is 1.24 bits per heavy atom. The van der Waals surface area contributed by atoms with Gasteiger partial charge >= 0.3 is 0 Å². The molecule has 2 aromatic rings. The lowest BCUT2D eigenvalue weighted by Crippen LogP contribution is -2.03. The fourth-order valence-electron chi connectivity index (χ4n) is 1.99. The maximum Gasteiger partial charge on any atom is 0.174 e. The van der Waals surface area contributed by atoms with E-state index in [0.29, 0.717) is 18.2 Å². The van der Waals surface area contributed by atoms with Gasteiger partial charge in [-0.05, 0) is 59.3 Å². The van der Waals surface area contributed by atoms with Gasteiger partial charge in [0.25, 0.3) is 0 Å². The van der Waals surface area contributed by atoms with Crippen LogP contribution in [0.1, 0.15) is 12.5 Å². The van der Waals surface area contributed by atoms with E-state index in [4.69, 9.17) is 21.1 Å². The van der Waals surface area contributed by atoms with E-state index in [1.165, 1.54) is 0 Å². The molecular weight excluding hydrogens is 401 g/mol. The molecule has 3 nitrogen and oxygen atoms in total.